The minimum atomic E-state index is -4.24. The van der Waals surface area contributed by atoms with Gasteiger partial charge in [-0.3, -0.25) is 9.69 Å². The molecule has 2 saturated heterocycles. The fourth-order valence-corrected chi connectivity index (χ4v) is 10.2. The van der Waals surface area contributed by atoms with Gasteiger partial charge in [0.1, 0.15) is 23.9 Å². The van der Waals surface area contributed by atoms with Gasteiger partial charge in [0.2, 0.25) is 0 Å². The predicted molar refractivity (Wildman–Crippen MR) is 227 cm³/mol. The first-order chi connectivity index (χ1) is 28.3. The van der Waals surface area contributed by atoms with E-state index in [0.717, 1.165) is 0 Å². The number of nitrogens with zero attached hydrogens (tertiary/aromatic N) is 4. The number of hydrogen-bond acceptors (Lipinski definition) is 15. The SMILES string of the molecule is CC[C@H]1OC(=O)[C@@H](C)[C@@H](O)[C@@H](C)[C@@H](O[C@H]2O[C@@H](C)C[C@H](N(C)C)[C@@H]2O)[C@](C)(O)C[C@@H](C)CN(CCCN(CCC#N)C(=O)NS(=O)(=O)c2ccccc2C)[C@H](C)[C@@H](O)[C@]1(C)O. The smallest absolute Gasteiger partial charge is 0.331 e. The summed E-state index contributed by atoms with van der Waals surface area (Å²) in [6, 6.07) is 6.21. The molecular formula is C43H73N5O12S. The number of cyclic esters (lactones) is 1. The maximum Gasteiger partial charge on any atom is 0.331 e. The summed E-state index contributed by atoms with van der Waals surface area (Å²) in [4.78, 5) is 32.1. The first kappa shape index (κ1) is 52.4. The van der Waals surface area contributed by atoms with E-state index in [9.17, 15) is 48.8 Å². The van der Waals surface area contributed by atoms with Crippen molar-refractivity contribution in [1.29, 1.82) is 5.26 Å². The number of nitriles is 1. The third-order valence-electron chi connectivity index (χ3n) is 12.5. The van der Waals surface area contributed by atoms with Crippen LogP contribution >= 0.6 is 0 Å². The Balaban J connectivity index is 2.00. The number of rotatable bonds is 12. The molecule has 18 heteroatoms. The zero-order valence-electron chi connectivity index (χ0n) is 37.9. The standard InChI is InChI=1S/C43H73N5O12S/c1-12-34-43(9,55)37(51)31(7)48(22-16-21-47(20-15-19-44)41(53)45-61(56,57)33-18-14-13-17-27(33)3)25-26(2)24-42(8,54)38(29(5)35(49)30(6)39(52)59-34)60-40-36(50)32(46(10)11)23-28(4)58-40/h13-14,17-18,26,28-32,34-38,40,49-51,54-55H,12,15-16,20-25H2,1-11H3,(H,45,53)/t26-,28+,29-,30+,31-,32+,34-,35+,36+,37-,38-,40-,42-,43-/m1/s1. The monoisotopic (exact) mass is 883 g/mol. The van der Waals surface area contributed by atoms with Crippen molar-refractivity contribution in [3.05, 3.63) is 29.8 Å². The van der Waals surface area contributed by atoms with Crippen LogP contribution in [0.15, 0.2) is 29.2 Å². The van der Waals surface area contributed by atoms with Crippen LogP contribution in [-0.4, -0.2) is 167 Å². The Morgan fingerprint density at radius 2 is 1.70 bits per heavy atom. The highest BCUT2D eigenvalue weighted by Gasteiger charge is 2.50. The first-order valence-electron chi connectivity index (χ1n) is 21.5. The molecule has 6 N–H and O–H groups in total. The second-order valence-electron chi connectivity index (χ2n) is 18.1. The van der Waals surface area contributed by atoms with Crippen LogP contribution in [0.1, 0.15) is 93.1 Å². The number of sulfonamides is 1. The number of aliphatic hydroxyl groups excluding tert-OH is 3. The van der Waals surface area contributed by atoms with E-state index in [2.05, 4.69) is 4.72 Å². The molecule has 0 spiro atoms. The summed E-state index contributed by atoms with van der Waals surface area (Å²) in [5.41, 5.74) is -3.22. The predicted octanol–water partition coefficient (Wildman–Crippen LogP) is 2.36. The van der Waals surface area contributed by atoms with E-state index in [1.54, 1.807) is 52.8 Å². The maximum absolute atomic E-state index is 13.7. The molecule has 2 aliphatic heterocycles. The fourth-order valence-electron chi connectivity index (χ4n) is 8.96. The number of likely N-dealkylation sites (N-methyl/N-ethyl adjacent to an activating group) is 1. The molecule has 1 aromatic rings. The third kappa shape index (κ3) is 13.3. The van der Waals surface area contributed by atoms with Gasteiger partial charge in [0, 0.05) is 44.2 Å². The molecular weight excluding hydrogens is 811 g/mol. The molecule has 17 nitrogen and oxygen atoms in total. The second kappa shape index (κ2) is 22.1. The highest BCUT2D eigenvalue weighted by molar-refractivity contribution is 7.90. The highest BCUT2D eigenvalue weighted by Crippen LogP contribution is 2.37. The fraction of sp³-hybridized carbons (Fsp3) is 0.791. The Morgan fingerprint density at radius 1 is 1.07 bits per heavy atom. The lowest BCUT2D eigenvalue weighted by Crippen LogP contribution is -2.59. The summed E-state index contributed by atoms with van der Waals surface area (Å²) in [5.74, 6) is -3.26. The zero-order chi connectivity index (χ0) is 46.2. The lowest BCUT2D eigenvalue weighted by molar-refractivity contribution is -0.299. The van der Waals surface area contributed by atoms with Gasteiger partial charge in [-0.2, -0.15) is 5.26 Å². The maximum atomic E-state index is 13.7. The van der Waals surface area contributed by atoms with Gasteiger partial charge in [0.15, 0.2) is 6.29 Å². The average molecular weight is 884 g/mol. The van der Waals surface area contributed by atoms with Gasteiger partial charge in [-0.1, -0.05) is 39.0 Å². The molecule has 2 amide bonds. The zero-order valence-corrected chi connectivity index (χ0v) is 38.7. The largest absolute Gasteiger partial charge is 0.459 e. The quantitative estimate of drug-likeness (QED) is 0.165. The van der Waals surface area contributed by atoms with Crippen LogP contribution < -0.4 is 4.72 Å². The van der Waals surface area contributed by atoms with Crippen LogP contribution in [0.3, 0.4) is 0 Å². The normalized spacial score (nSPS) is 36.3. The molecule has 0 unspecified atom stereocenters. The number of ether oxygens (including phenoxy) is 3. The molecule has 2 heterocycles. The van der Waals surface area contributed by atoms with Crippen molar-refractivity contribution < 1.29 is 57.8 Å². The van der Waals surface area contributed by atoms with Crippen molar-refractivity contribution in [1.82, 2.24) is 19.4 Å². The number of amides is 2. The number of esters is 1. The van der Waals surface area contributed by atoms with E-state index in [4.69, 9.17) is 14.2 Å². The van der Waals surface area contributed by atoms with Crippen molar-refractivity contribution in [2.45, 2.75) is 166 Å². The molecule has 0 bridgehead atoms. The van der Waals surface area contributed by atoms with Crippen LogP contribution in [-0.2, 0) is 29.0 Å². The molecule has 14 atom stereocenters. The molecule has 2 fully saturated rings. The van der Waals surface area contributed by atoms with Gasteiger partial charge in [0.05, 0.1) is 47.2 Å². The van der Waals surface area contributed by atoms with Crippen LogP contribution in [0.2, 0.25) is 0 Å². The number of urea groups is 1. The Kier molecular flexibility index (Phi) is 19.0. The van der Waals surface area contributed by atoms with E-state index < -0.39 is 87.9 Å². The molecule has 61 heavy (non-hydrogen) atoms. The van der Waals surface area contributed by atoms with E-state index in [-0.39, 0.29) is 74.8 Å². The van der Waals surface area contributed by atoms with Crippen molar-refractivity contribution in [3.63, 3.8) is 0 Å². The van der Waals surface area contributed by atoms with Gasteiger partial charge in [-0.15, -0.1) is 0 Å². The number of benzene rings is 1. The first-order valence-corrected chi connectivity index (χ1v) is 22.9. The van der Waals surface area contributed by atoms with Crippen molar-refractivity contribution in [3.8, 4) is 6.07 Å². The van der Waals surface area contributed by atoms with Gasteiger partial charge >= 0.3 is 12.0 Å². The second-order valence-corrected chi connectivity index (χ2v) is 19.7. The van der Waals surface area contributed by atoms with Gasteiger partial charge in [-0.05, 0) is 98.9 Å². The van der Waals surface area contributed by atoms with Crippen molar-refractivity contribution in [2.24, 2.45) is 17.8 Å². The molecule has 0 radical (unpaired) electrons. The van der Waals surface area contributed by atoms with Gasteiger partial charge < -0.3 is 49.5 Å². The summed E-state index contributed by atoms with van der Waals surface area (Å²) < 4.78 is 46.9. The van der Waals surface area contributed by atoms with Crippen LogP contribution in [0.5, 0.6) is 0 Å². The number of aryl methyl sites for hydroxylation is 1. The molecule has 0 saturated carbocycles. The van der Waals surface area contributed by atoms with Crippen LogP contribution in [0.4, 0.5) is 4.79 Å². The summed E-state index contributed by atoms with van der Waals surface area (Å²) >= 11 is 0. The Hall–Kier alpha value is -2.96. The average Bonchev–Trinajstić information content (AvgIpc) is 3.18. The summed E-state index contributed by atoms with van der Waals surface area (Å²) in [6.07, 6.45) is -6.97. The third-order valence-corrected chi connectivity index (χ3v) is 14.0. The number of aliphatic hydroxyl groups is 5. The van der Waals surface area contributed by atoms with Crippen LogP contribution in [0.25, 0.3) is 0 Å². The van der Waals surface area contributed by atoms with Crippen molar-refractivity contribution >= 4 is 22.0 Å². The van der Waals surface area contributed by atoms with E-state index in [1.165, 1.54) is 24.8 Å². The lowest BCUT2D eigenvalue weighted by Gasteiger charge is -2.46. The number of carbonyl (C=O) groups is 2. The van der Waals surface area contributed by atoms with E-state index in [0.29, 0.717) is 12.0 Å². The molecule has 0 aliphatic carbocycles. The summed E-state index contributed by atoms with van der Waals surface area (Å²) in [5, 5.41) is 68.6. The Bertz CT molecular complexity index is 1740. The lowest BCUT2D eigenvalue weighted by atomic mass is 9.78. The highest BCUT2D eigenvalue weighted by atomic mass is 32.2. The minimum Gasteiger partial charge on any atom is -0.459 e. The summed E-state index contributed by atoms with van der Waals surface area (Å²) in [6.45, 7) is 15.2. The Labute approximate surface area is 363 Å². The minimum absolute atomic E-state index is 0.0209. The molecule has 3 rings (SSSR count). The molecule has 0 aromatic heterocycles. The number of nitrogens with one attached hydrogen (secondary N) is 1. The van der Waals surface area contributed by atoms with E-state index >= 15 is 0 Å². The van der Waals surface area contributed by atoms with Gasteiger partial charge in [-0.25, -0.2) is 17.9 Å². The number of carbonyl (C=O) groups excluding carboxylic acids is 2. The Morgan fingerprint density at radius 3 is 2.30 bits per heavy atom. The molecule has 348 valence electrons. The van der Waals surface area contributed by atoms with Gasteiger partial charge in [0.25, 0.3) is 10.0 Å². The van der Waals surface area contributed by atoms with Crippen molar-refractivity contribution in [2.75, 3.05) is 40.3 Å². The van der Waals surface area contributed by atoms with E-state index in [1.807, 2.05) is 43.8 Å². The number of hydrogen-bond donors (Lipinski definition) is 6. The summed E-state index contributed by atoms with van der Waals surface area (Å²) in [7, 11) is -0.561. The topological polar surface area (TPSA) is 243 Å². The van der Waals surface area contributed by atoms with Crippen LogP contribution in [0, 0.1) is 36.0 Å². The molecule has 1 aromatic carbocycles. The molecule has 2 aliphatic rings.